The van der Waals surface area contributed by atoms with Crippen molar-refractivity contribution in [3.63, 3.8) is 0 Å². The second-order valence-electron chi connectivity index (χ2n) is 2.06. The standard InChI is InChI=1S/C9H14O/c1-3-5-6-8-9(10)7-4-2/h3,5,9-10H,6,8H2,1-2H3. The molecule has 0 spiro atoms. The van der Waals surface area contributed by atoms with Crippen LogP contribution in [0.4, 0.5) is 0 Å². The summed E-state index contributed by atoms with van der Waals surface area (Å²) < 4.78 is 0. The van der Waals surface area contributed by atoms with Crippen molar-refractivity contribution in [2.75, 3.05) is 0 Å². The van der Waals surface area contributed by atoms with Crippen LogP contribution in [0.1, 0.15) is 26.7 Å². The van der Waals surface area contributed by atoms with Crippen molar-refractivity contribution >= 4 is 0 Å². The fourth-order valence-electron chi connectivity index (χ4n) is 0.660. The summed E-state index contributed by atoms with van der Waals surface area (Å²) in [5.41, 5.74) is 0. The molecule has 0 rings (SSSR count). The summed E-state index contributed by atoms with van der Waals surface area (Å²) in [5.74, 6) is 5.35. The Balaban J connectivity index is 3.36. The first-order valence-corrected chi connectivity index (χ1v) is 3.52. The van der Waals surface area contributed by atoms with E-state index in [1.54, 1.807) is 6.92 Å². The van der Waals surface area contributed by atoms with Gasteiger partial charge in [-0.3, -0.25) is 0 Å². The van der Waals surface area contributed by atoms with E-state index in [2.05, 4.69) is 11.8 Å². The highest BCUT2D eigenvalue weighted by Gasteiger charge is 1.94. The fraction of sp³-hybridized carbons (Fsp3) is 0.556. The van der Waals surface area contributed by atoms with Crippen molar-refractivity contribution in [2.45, 2.75) is 32.8 Å². The van der Waals surface area contributed by atoms with Crippen molar-refractivity contribution in [3.8, 4) is 11.8 Å². The molecule has 56 valence electrons. The molecular weight excluding hydrogens is 124 g/mol. The molecule has 1 heteroatoms. The fourth-order valence-corrected chi connectivity index (χ4v) is 0.660. The average molecular weight is 138 g/mol. The maximum absolute atomic E-state index is 9.07. The second-order valence-corrected chi connectivity index (χ2v) is 2.06. The average Bonchev–Trinajstić information content (AvgIpc) is 1.89. The first kappa shape index (κ1) is 9.26. The molecule has 0 aliphatic heterocycles. The number of hydrogen-bond donors (Lipinski definition) is 1. The molecule has 0 heterocycles. The predicted molar refractivity (Wildman–Crippen MR) is 43.5 cm³/mol. The van der Waals surface area contributed by atoms with Crippen LogP contribution in [0.15, 0.2) is 12.2 Å². The highest BCUT2D eigenvalue weighted by molar-refractivity contribution is 5.02. The van der Waals surface area contributed by atoms with Crippen LogP contribution in [0.5, 0.6) is 0 Å². The number of allylic oxidation sites excluding steroid dienone is 2. The summed E-state index contributed by atoms with van der Waals surface area (Å²) in [6, 6.07) is 0. The molecule has 0 aliphatic carbocycles. The van der Waals surface area contributed by atoms with Crippen LogP contribution in [0, 0.1) is 11.8 Å². The van der Waals surface area contributed by atoms with Crippen LogP contribution in [0.3, 0.4) is 0 Å². The van der Waals surface area contributed by atoms with Gasteiger partial charge in [0.15, 0.2) is 0 Å². The summed E-state index contributed by atoms with van der Waals surface area (Å²) >= 11 is 0. The minimum Gasteiger partial charge on any atom is -0.380 e. The van der Waals surface area contributed by atoms with E-state index in [4.69, 9.17) is 5.11 Å². The Morgan fingerprint density at radius 2 is 2.30 bits per heavy atom. The number of hydrogen-bond acceptors (Lipinski definition) is 1. The normalized spacial score (nSPS) is 12.7. The lowest BCUT2D eigenvalue weighted by Gasteiger charge is -1.97. The molecule has 10 heavy (non-hydrogen) atoms. The smallest absolute Gasteiger partial charge is 0.115 e. The minimum absolute atomic E-state index is 0.443. The summed E-state index contributed by atoms with van der Waals surface area (Å²) in [6.07, 6.45) is 5.21. The van der Waals surface area contributed by atoms with Crippen LogP contribution in [0.25, 0.3) is 0 Å². The minimum atomic E-state index is -0.443. The van der Waals surface area contributed by atoms with Crippen molar-refractivity contribution in [1.82, 2.24) is 0 Å². The molecule has 0 fully saturated rings. The Morgan fingerprint density at radius 3 is 2.80 bits per heavy atom. The van der Waals surface area contributed by atoms with Crippen molar-refractivity contribution < 1.29 is 5.11 Å². The van der Waals surface area contributed by atoms with Gasteiger partial charge in [0.1, 0.15) is 6.10 Å². The Hall–Kier alpha value is -0.740. The van der Waals surface area contributed by atoms with E-state index in [-0.39, 0.29) is 0 Å². The van der Waals surface area contributed by atoms with Crippen molar-refractivity contribution in [1.29, 1.82) is 0 Å². The Morgan fingerprint density at radius 1 is 1.60 bits per heavy atom. The summed E-state index contributed by atoms with van der Waals surface area (Å²) in [7, 11) is 0. The lowest BCUT2D eigenvalue weighted by Crippen LogP contribution is -2.00. The Labute approximate surface area is 62.8 Å². The molecule has 0 saturated carbocycles. The third-order valence-corrected chi connectivity index (χ3v) is 1.15. The largest absolute Gasteiger partial charge is 0.380 e. The Bertz CT molecular complexity index is 148. The van der Waals surface area contributed by atoms with Crippen LogP contribution in [-0.4, -0.2) is 11.2 Å². The molecule has 0 saturated heterocycles. The third-order valence-electron chi connectivity index (χ3n) is 1.15. The van der Waals surface area contributed by atoms with E-state index in [0.29, 0.717) is 0 Å². The second kappa shape index (κ2) is 6.38. The van der Waals surface area contributed by atoms with Gasteiger partial charge in [-0.15, -0.1) is 5.92 Å². The van der Waals surface area contributed by atoms with Gasteiger partial charge in [-0.1, -0.05) is 18.1 Å². The van der Waals surface area contributed by atoms with E-state index >= 15 is 0 Å². The van der Waals surface area contributed by atoms with Crippen LogP contribution < -0.4 is 0 Å². The molecule has 0 aromatic rings. The molecule has 0 aromatic carbocycles. The number of rotatable bonds is 3. The Kier molecular flexibility index (Phi) is 5.91. The molecule has 0 aromatic heterocycles. The summed E-state index contributed by atoms with van der Waals surface area (Å²) in [4.78, 5) is 0. The molecule has 0 bridgehead atoms. The molecule has 0 radical (unpaired) electrons. The molecule has 0 aliphatic rings. The third kappa shape index (κ3) is 5.40. The lowest BCUT2D eigenvalue weighted by atomic mass is 10.2. The predicted octanol–water partition coefficient (Wildman–Crippen LogP) is 1.73. The molecular formula is C9H14O. The zero-order valence-electron chi connectivity index (χ0n) is 6.59. The molecule has 1 nitrogen and oxygen atoms in total. The van der Waals surface area contributed by atoms with Gasteiger partial charge in [0.25, 0.3) is 0 Å². The van der Waals surface area contributed by atoms with Gasteiger partial charge in [-0.25, -0.2) is 0 Å². The zero-order valence-corrected chi connectivity index (χ0v) is 6.59. The van der Waals surface area contributed by atoms with Gasteiger partial charge in [0.05, 0.1) is 0 Å². The summed E-state index contributed by atoms with van der Waals surface area (Å²) in [6.45, 7) is 3.71. The van der Waals surface area contributed by atoms with Crippen LogP contribution in [0.2, 0.25) is 0 Å². The van der Waals surface area contributed by atoms with Gasteiger partial charge in [0.2, 0.25) is 0 Å². The molecule has 0 amide bonds. The molecule has 1 unspecified atom stereocenters. The highest BCUT2D eigenvalue weighted by Crippen LogP contribution is 1.96. The summed E-state index contributed by atoms with van der Waals surface area (Å²) in [5, 5.41) is 9.07. The van der Waals surface area contributed by atoms with Crippen molar-refractivity contribution in [2.24, 2.45) is 0 Å². The topological polar surface area (TPSA) is 20.2 Å². The highest BCUT2D eigenvalue weighted by atomic mass is 16.3. The van der Waals surface area contributed by atoms with Gasteiger partial charge in [-0.2, -0.15) is 0 Å². The first-order chi connectivity index (χ1) is 4.81. The van der Waals surface area contributed by atoms with E-state index < -0.39 is 6.10 Å². The van der Waals surface area contributed by atoms with Gasteiger partial charge < -0.3 is 5.11 Å². The maximum Gasteiger partial charge on any atom is 0.115 e. The quantitative estimate of drug-likeness (QED) is 0.465. The molecule has 1 N–H and O–H groups in total. The van der Waals surface area contributed by atoms with Gasteiger partial charge in [-0.05, 0) is 26.7 Å². The lowest BCUT2D eigenvalue weighted by molar-refractivity contribution is 0.223. The first-order valence-electron chi connectivity index (χ1n) is 3.52. The van der Waals surface area contributed by atoms with E-state index in [1.807, 2.05) is 19.1 Å². The number of aliphatic hydroxyl groups is 1. The van der Waals surface area contributed by atoms with Crippen LogP contribution >= 0.6 is 0 Å². The number of aliphatic hydroxyl groups excluding tert-OH is 1. The van der Waals surface area contributed by atoms with E-state index in [9.17, 15) is 0 Å². The van der Waals surface area contributed by atoms with Gasteiger partial charge in [0, 0.05) is 0 Å². The monoisotopic (exact) mass is 138 g/mol. The van der Waals surface area contributed by atoms with Crippen LogP contribution in [-0.2, 0) is 0 Å². The molecule has 1 atom stereocenters. The van der Waals surface area contributed by atoms with Gasteiger partial charge >= 0.3 is 0 Å². The van der Waals surface area contributed by atoms with Crippen molar-refractivity contribution in [3.05, 3.63) is 12.2 Å². The zero-order chi connectivity index (χ0) is 7.82. The SMILES string of the molecule is CC#CC(O)CCC=CC. The maximum atomic E-state index is 9.07. The van der Waals surface area contributed by atoms with E-state index in [1.165, 1.54) is 0 Å². The van der Waals surface area contributed by atoms with E-state index in [0.717, 1.165) is 12.8 Å².